The quantitative estimate of drug-likeness (QED) is 0.775. The average Bonchev–Trinajstić information content (AvgIpc) is 3.10. The summed E-state index contributed by atoms with van der Waals surface area (Å²) in [7, 11) is 0. The van der Waals surface area contributed by atoms with E-state index in [9.17, 15) is 5.11 Å². The van der Waals surface area contributed by atoms with E-state index in [0.29, 0.717) is 12.3 Å². The third kappa shape index (κ3) is 2.26. The zero-order valence-corrected chi connectivity index (χ0v) is 11.3. The number of benzene rings is 1. The van der Waals surface area contributed by atoms with Gasteiger partial charge in [-0.1, -0.05) is 24.3 Å². The number of fused-ring (bicyclic) bond motifs is 1. The average molecular weight is 273 g/mol. The van der Waals surface area contributed by atoms with Gasteiger partial charge >= 0.3 is 0 Å². The van der Waals surface area contributed by atoms with Crippen LogP contribution in [-0.4, -0.2) is 16.8 Å². The van der Waals surface area contributed by atoms with Crippen molar-refractivity contribution in [1.82, 2.24) is 5.32 Å². The van der Waals surface area contributed by atoms with E-state index in [2.05, 4.69) is 17.4 Å². The Labute approximate surface area is 118 Å². The molecule has 0 spiro atoms. The van der Waals surface area contributed by atoms with Gasteiger partial charge in [0.05, 0.1) is 18.7 Å². The lowest BCUT2D eigenvalue weighted by Crippen LogP contribution is -2.43. The summed E-state index contributed by atoms with van der Waals surface area (Å²) >= 11 is 0. The lowest BCUT2D eigenvalue weighted by molar-refractivity contribution is 0.155. The van der Waals surface area contributed by atoms with Gasteiger partial charge in [0.2, 0.25) is 0 Å². The van der Waals surface area contributed by atoms with E-state index < -0.39 is 0 Å². The van der Waals surface area contributed by atoms with E-state index in [1.54, 1.807) is 6.07 Å². The molecule has 4 heteroatoms. The maximum atomic E-state index is 9.86. The number of furan rings is 1. The minimum Gasteiger partial charge on any atom is -0.462 e. The molecule has 0 saturated carbocycles. The summed E-state index contributed by atoms with van der Waals surface area (Å²) in [5, 5.41) is 22.3. The van der Waals surface area contributed by atoms with Crippen LogP contribution in [-0.2, 0) is 25.1 Å². The van der Waals surface area contributed by atoms with Crippen LogP contribution in [0.2, 0.25) is 0 Å². The number of aliphatic hydroxyl groups is 2. The Morgan fingerprint density at radius 1 is 1.10 bits per heavy atom. The molecule has 1 atom stereocenters. The van der Waals surface area contributed by atoms with Crippen LogP contribution in [0.25, 0.3) is 0 Å². The van der Waals surface area contributed by atoms with Gasteiger partial charge in [0, 0.05) is 0 Å². The second-order valence-corrected chi connectivity index (χ2v) is 5.28. The Balaban J connectivity index is 1.78. The molecule has 106 valence electrons. The van der Waals surface area contributed by atoms with Gasteiger partial charge in [0.25, 0.3) is 0 Å². The van der Waals surface area contributed by atoms with Crippen LogP contribution < -0.4 is 5.32 Å². The van der Waals surface area contributed by atoms with Crippen LogP contribution >= 0.6 is 0 Å². The molecule has 1 aromatic heterocycles. The first-order valence-corrected chi connectivity index (χ1v) is 6.90. The summed E-state index contributed by atoms with van der Waals surface area (Å²) in [5.74, 6) is 1.33. The molecule has 3 rings (SSSR count). The minimum absolute atomic E-state index is 0.0670. The normalized spacial score (nSPS) is 21.1. The van der Waals surface area contributed by atoms with Gasteiger partial charge in [-0.3, -0.25) is 5.32 Å². The number of hydrogen-bond acceptors (Lipinski definition) is 4. The zero-order valence-electron chi connectivity index (χ0n) is 11.3. The Morgan fingerprint density at radius 2 is 1.90 bits per heavy atom. The van der Waals surface area contributed by atoms with Crippen molar-refractivity contribution in [3.05, 3.63) is 59.0 Å². The maximum Gasteiger partial charge on any atom is 0.129 e. The first-order valence-electron chi connectivity index (χ1n) is 6.90. The van der Waals surface area contributed by atoms with E-state index in [4.69, 9.17) is 9.52 Å². The van der Waals surface area contributed by atoms with Gasteiger partial charge in [-0.2, -0.15) is 0 Å². The predicted molar refractivity (Wildman–Crippen MR) is 75.0 cm³/mol. The third-order valence-electron chi connectivity index (χ3n) is 4.10. The zero-order chi connectivity index (χ0) is 14.0. The summed E-state index contributed by atoms with van der Waals surface area (Å²) < 4.78 is 5.48. The standard InChI is InChI=1S/C16H19NO3/c18-10-14-6-5-13(20-14)9-17-16(11-19)8-7-12-3-1-2-4-15(12)16/h1-6,17-19H,7-11H2. The molecule has 20 heavy (non-hydrogen) atoms. The molecule has 1 aliphatic carbocycles. The van der Waals surface area contributed by atoms with Crippen molar-refractivity contribution >= 4 is 0 Å². The fourth-order valence-corrected chi connectivity index (χ4v) is 2.95. The van der Waals surface area contributed by atoms with Crippen molar-refractivity contribution in [2.75, 3.05) is 6.61 Å². The predicted octanol–water partition coefficient (Wildman–Crippen LogP) is 1.70. The molecule has 1 aromatic carbocycles. The van der Waals surface area contributed by atoms with Crippen molar-refractivity contribution in [2.24, 2.45) is 0 Å². The highest BCUT2D eigenvalue weighted by atomic mass is 16.4. The molecule has 0 fully saturated rings. The van der Waals surface area contributed by atoms with Gasteiger partial charge in [-0.05, 0) is 36.1 Å². The smallest absolute Gasteiger partial charge is 0.129 e. The highest BCUT2D eigenvalue weighted by Crippen LogP contribution is 2.36. The van der Waals surface area contributed by atoms with Crippen molar-refractivity contribution in [2.45, 2.75) is 31.5 Å². The summed E-state index contributed by atoms with van der Waals surface area (Å²) in [5.41, 5.74) is 2.09. The molecule has 0 radical (unpaired) electrons. The van der Waals surface area contributed by atoms with E-state index in [-0.39, 0.29) is 18.8 Å². The fraction of sp³-hybridized carbons (Fsp3) is 0.375. The van der Waals surface area contributed by atoms with Crippen LogP contribution in [0.4, 0.5) is 0 Å². The Hall–Kier alpha value is -1.62. The van der Waals surface area contributed by atoms with E-state index >= 15 is 0 Å². The number of hydrogen-bond donors (Lipinski definition) is 3. The highest BCUT2D eigenvalue weighted by Gasteiger charge is 2.37. The van der Waals surface area contributed by atoms with Crippen molar-refractivity contribution in [3.8, 4) is 0 Å². The van der Waals surface area contributed by atoms with Crippen molar-refractivity contribution in [3.63, 3.8) is 0 Å². The molecule has 0 bridgehead atoms. The van der Waals surface area contributed by atoms with Crippen LogP contribution in [0.3, 0.4) is 0 Å². The maximum absolute atomic E-state index is 9.86. The summed E-state index contributed by atoms with van der Waals surface area (Å²) in [6.07, 6.45) is 1.86. The minimum atomic E-state index is -0.386. The summed E-state index contributed by atoms with van der Waals surface area (Å²) in [4.78, 5) is 0. The molecule has 1 unspecified atom stereocenters. The number of aryl methyl sites for hydroxylation is 1. The second-order valence-electron chi connectivity index (χ2n) is 5.28. The van der Waals surface area contributed by atoms with Gasteiger partial charge in [0.1, 0.15) is 18.1 Å². The monoisotopic (exact) mass is 273 g/mol. The molecule has 3 N–H and O–H groups in total. The van der Waals surface area contributed by atoms with Crippen molar-refractivity contribution in [1.29, 1.82) is 0 Å². The highest BCUT2D eigenvalue weighted by molar-refractivity contribution is 5.38. The van der Waals surface area contributed by atoms with Gasteiger partial charge in [0.15, 0.2) is 0 Å². The van der Waals surface area contributed by atoms with Gasteiger partial charge < -0.3 is 14.6 Å². The first kappa shape index (κ1) is 13.4. The van der Waals surface area contributed by atoms with E-state index in [0.717, 1.165) is 18.6 Å². The third-order valence-corrected chi connectivity index (χ3v) is 4.10. The molecule has 4 nitrogen and oxygen atoms in total. The largest absolute Gasteiger partial charge is 0.462 e. The molecular weight excluding hydrogens is 254 g/mol. The summed E-state index contributed by atoms with van der Waals surface area (Å²) in [6.45, 7) is 0.514. The summed E-state index contributed by atoms with van der Waals surface area (Å²) in [6, 6.07) is 11.9. The molecule has 2 aromatic rings. The SMILES string of the molecule is OCc1ccc(CNC2(CO)CCc3ccccc32)o1. The molecule has 0 amide bonds. The molecular formula is C16H19NO3. The van der Waals surface area contributed by atoms with Crippen LogP contribution in [0.15, 0.2) is 40.8 Å². The topological polar surface area (TPSA) is 65.6 Å². The first-order chi connectivity index (χ1) is 9.77. The van der Waals surface area contributed by atoms with E-state index in [1.165, 1.54) is 11.1 Å². The van der Waals surface area contributed by atoms with Crippen LogP contribution in [0, 0.1) is 0 Å². The second kappa shape index (κ2) is 5.40. The van der Waals surface area contributed by atoms with Gasteiger partial charge in [-0.25, -0.2) is 0 Å². The van der Waals surface area contributed by atoms with Gasteiger partial charge in [-0.15, -0.1) is 0 Å². The number of nitrogens with one attached hydrogen (secondary N) is 1. The molecule has 1 heterocycles. The number of aliphatic hydroxyl groups excluding tert-OH is 2. The Morgan fingerprint density at radius 3 is 2.65 bits per heavy atom. The Bertz CT molecular complexity index is 593. The fourth-order valence-electron chi connectivity index (χ4n) is 2.95. The Kier molecular flexibility index (Phi) is 3.61. The molecule has 0 aliphatic heterocycles. The lowest BCUT2D eigenvalue weighted by Gasteiger charge is -2.29. The molecule has 1 aliphatic rings. The number of rotatable bonds is 5. The van der Waals surface area contributed by atoms with E-state index in [1.807, 2.05) is 18.2 Å². The van der Waals surface area contributed by atoms with Crippen molar-refractivity contribution < 1.29 is 14.6 Å². The molecule has 0 saturated heterocycles. The lowest BCUT2D eigenvalue weighted by atomic mass is 9.92. The van der Waals surface area contributed by atoms with Crippen LogP contribution in [0.1, 0.15) is 29.1 Å². The van der Waals surface area contributed by atoms with Crippen LogP contribution in [0.5, 0.6) is 0 Å².